The van der Waals surface area contributed by atoms with E-state index in [-0.39, 0.29) is 6.10 Å². The summed E-state index contributed by atoms with van der Waals surface area (Å²) in [6.07, 6.45) is 1.31. The van der Waals surface area contributed by atoms with Gasteiger partial charge in [0.05, 0.1) is 12.7 Å². The molecule has 0 aliphatic carbocycles. The molecule has 0 spiro atoms. The first-order valence-electron chi connectivity index (χ1n) is 5.99. The van der Waals surface area contributed by atoms with Gasteiger partial charge in [-0.2, -0.15) is 0 Å². The summed E-state index contributed by atoms with van der Waals surface area (Å²) in [5, 5.41) is 0. The molecule has 0 radical (unpaired) electrons. The zero-order chi connectivity index (χ0) is 11.0. The van der Waals surface area contributed by atoms with Gasteiger partial charge >= 0.3 is 0 Å². The summed E-state index contributed by atoms with van der Waals surface area (Å²) in [7, 11) is 0. The summed E-state index contributed by atoms with van der Waals surface area (Å²) >= 11 is 0. The Bertz CT molecular complexity index is 354. The van der Waals surface area contributed by atoms with E-state index >= 15 is 0 Å². The number of morpholine rings is 1. The van der Waals surface area contributed by atoms with E-state index < -0.39 is 0 Å². The highest BCUT2D eigenvalue weighted by Gasteiger charge is 2.36. The van der Waals surface area contributed by atoms with E-state index in [2.05, 4.69) is 29.2 Å². The summed E-state index contributed by atoms with van der Waals surface area (Å²) in [6.45, 7) is 2.84. The quantitative estimate of drug-likeness (QED) is 0.768. The standard InChI is InChI=1S/C13H18N2O/c14-11-6-12-9-16-13(8-15(12)7-11)10-4-2-1-3-5-10/h1-5,11-13H,6-9,14H2/t11-,12+,13-/m1/s1. The summed E-state index contributed by atoms with van der Waals surface area (Å²) in [4.78, 5) is 2.48. The third kappa shape index (κ3) is 1.86. The molecule has 2 fully saturated rings. The van der Waals surface area contributed by atoms with Crippen molar-refractivity contribution in [1.29, 1.82) is 0 Å². The van der Waals surface area contributed by atoms with E-state index in [9.17, 15) is 0 Å². The molecular weight excluding hydrogens is 200 g/mol. The fourth-order valence-corrected chi connectivity index (χ4v) is 2.78. The molecule has 3 heteroatoms. The Morgan fingerprint density at radius 2 is 2.00 bits per heavy atom. The molecular formula is C13H18N2O. The second kappa shape index (κ2) is 4.17. The van der Waals surface area contributed by atoms with Crippen molar-refractivity contribution in [2.75, 3.05) is 19.7 Å². The van der Waals surface area contributed by atoms with Crippen LogP contribution in [0.4, 0.5) is 0 Å². The van der Waals surface area contributed by atoms with Gasteiger partial charge in [-0.15, -0.1) is 0 Å². The average molecular weight is 218 g/mol. The molecule has 3 atom stereocenters. The lowest BCUT2D eigenvalue weighted by Gasteiger charge is -2.35. The zero-order valence-electron chi connectivity index (χ0n) is 9.38. The van der Waals surface area contributed by atoms with Crippen molar-refractivity contribution in [2.24, 2.45) is 5.73 Å². The maximum atomic E-state index is 5.98. The molecule has 2 aliphatic rings. The zero-order valence-corrected chi connectivity index (χ0v) is 9.38. The maximum Gasteiger partial charge on any atom is 0.0952 e. The van der Waals surface area contributed by atoms with Crippen LogP contribution in [0.5, 0.6) is 0 Å². The van der Waals surface area contributed by atoms with E-state index in [0.29, 0.717) is 12.1 Å². The van der Waals surface area contributed by atoms with Crippen LogP contribution in [-0.2, 0) is 4.74 Å². The number of nitrogens with two attached hydrogens (primary N) is 1. The molecule has 0 saturated carbocycles. The molecule has 16 heavy (non-hydrogen) atoms. The van der Waals surface area contributed by atoms with Crippen LogP contribution in [0.25, 0.3) is 0 Å². The Morgan fingerprint density at radius 1 is 1.19 bits per heavy atom. The SMILES string of the molecule is N[C@@H]1C[C@H]2CO[C@@H](c3ccccc3)CN2C1. The Hall–Kier alpha value is -0.900. The second-order valence-electron chi connectivity index (χ2n) is 4.84. The van der Waals surface area contributed by atoms with Crippen molar-refractivity contribution in [3.63, 3.8) is 0 Å². The van der Waals surface area contributed by atoms with Crippen LogP contribution in [-0.4, -0.2) is 36.7 Å². The van der Waals surface area contributed by atoms with Crippen molar-refractivity contribution in [3.05, 3.63) is 35.9 Å². The highest BCUT2D eigenvalue weighted by Crippen LogP contribution is 2.29. The van der Waals surface area contributed by atoms with Crippen molar-refractivity contribution in [3.8, 4) is 0 Å². The summed E-state index contributed by atoms with van der Waals surface area (Å²) in [5.74, 6) is 0. The summed E-state index contributed by atoms with van der Waals surface area (Å²) in [5.41, 5.74) is 7.26. The number of hydrogen-bond donors (Lipinski definition) is 1. The van der Waals surface area contributed by atoms with Gasteiger partial charge < -0.3 is 10.5 Å². The lowest BCUT2D eigenvalue weighted by molar-refractivity contribution is -0.0501. The minimum Gasteiger partial charge on any atom is -0.371 e. The van der Waals surface area contributed by atoms with Gasteiger partial charge in [-0.1, -0.05) is 30.3 Å². The van der Waals surface area contributed by atoms with Crippen LogP contribution in [0.1, 0.15) is 18.1 Å². The molecule has 2 N–H and O–H groups in total. The smallest absolute Gasteiger partial charge is 0.0952 e. The monoisotopic (exact) mass is 218 g/mol. The highest BCUT2D eigenvalue weighted by molar-refractivity contribution is 5.18. The summed E-state index contributed by atoms with van der Waals surface area (Å²) in [6, 6.07) is 11.3. The molecule has 3 nitrogen and oxygen atoms in total. The second-order valence-corrected chi connectivity index (χ2v) is 4.84. The topological polar surface area (TPSA) is 38.5 Å². The van der Waals surface area contributed by atoms with Crippen LogP contribution in [0, 0.1) is 0 Å². The number of rotatable bonds is 1. The van der Waals surface area contributed by atoms with E-state index in [0.717, 1.165) is 26.1 Å². The predicted molar refractivity (Wildman–Crippen MR) is 63.1 cm³/mol. The molecule has 86 valence electrons. The lowest BCUT2D eigenvalue weighted by Crippen LogP contribution is -2.42. The molecule has 2 saturated heterocycles. The normalized spacial score (nSPS) is 34.9. The number of fused-ring (bicyclic) bond motifs is 1. The van der Waals surface area contributed by atoms with Crippen molar-refractivity contribution >= 4 is 0 Å². The fourth-order valence-electron chi connectivity index (χ4n) is 2.78. The Morgan fingerprint density at radius 3 is 2.81 bits per heavy atom. The molecule has 0 unspecified atom stereocenters. The lowest BCUT2D eigenvalue weighted by atomic mass is 10.1. The largest absolute Gasteiger partial charge is 0.371 e. The van der Waals surface area contributed by atoms with Gasteiger partial charge in [-0.3, -0.25) is 4.90 Å². The predicted octanol–water partition coefficient (Wildman–Crippen LogP) is 1.16. The maximum absolute atomic E-state index is 5.98. The van der Waals surface area contributed by atoms with E-state index in [1.165, 1.54) is 5.56 Å². The number of nitrogens with zero attached hydrogens (tertiary/aromatic N) is 1. The van der Waals surface area contributed by atoms with Gasteiger partial charge in [0.2, 0.25) is 0 Å². The molecule has 0 amide bonds. The van der Waals surface area contributed by atoms with Gasteiger partial charge in [0, 0.05) is 25.2 Å². The van der Waals surface area contributed by atoms with Crippen LogP contribution in [0.15, 0.2) is 30.3 Å². The molecule has 2 aliphatic heterocycles. The first-order chi connectivity index (χ1) is 7.83. The minimum atomic E-state index is 0.225. The highest BCUT2D eigenvalue weighted by atomic mass is 16.5. The molecule has 0 bridgehead atoms. The van der Waals surface area contributed by atoms with E-state index in [4.69, 9.17) is 10.5 Å². The molecule has 2 heterocycles. The van der Waals surface area contributed by atoms with Crippen LogP contribution in [0.2, 0.25) is 0 Å². The van der Waals surface area contributed by atoms with Crippen molar-refractivity contribution < 1.29 is 4.74 Å². The summed E-state index contributed by atoms with van der Waals surface area (Å²) < 4.78 is 5.93. The first-order valence-corrected chi connectivity index (χ1v) is 5.99. The van der Waals surface area contributed by atoms with Crippen LogP contribution < -0.4 is 5.73 Å². The fraction of sp³-hybridized carbons (Fsp3) is 0.538. The van der Waals surface area contributed by atoms with Gasteiger partial charge in [0.15, 0.2) is 0 Å². The van der Waals surface area contributed by atoms with Crippen LogP contribution in [0.3, 0.4) is 0 Å². The van der Waals surface area contributed by atoms with E-state index in [1.54, 1.807) is 0 Å². The molecule has 1 aromatic carbocycles. The van der Waals surface area contributed by atoms with Crippen molar-refractivity contribution in [2.45, 2.75) is 24.6 Å². The number of ether oxygens (including phenoxy) is 1. The average Bonchev–Trinajstić information content (AvgIpc) is 2.69. The minimum absolute atomic E-state index is 0.225. The Kier molecular flexibility index (Phi) is 2.67. The molecule has 1 aromatic rings. The van der Waals surface area contributed by atoms with E-state index in [1.807, 2.05) is 6.07 Å². The third-order valence-electron chi connectivity index (χ3n) is 3.62. The molecule has 0 aromatic heterocycles. The van der Waals surface area contributed by atoms with Gasteiger partial charge in [0.25, 0.3) is 0 Å². The molecule has 3 rings (SSSR count). The van der Waals surface area contributed by atoms with Gasteiger partial charge in [-0.05, 0) is 12.0 Å². The first kappa shape index (κ1) is 10.3. The third-order valence-corrected chi connectivity index (χ3v) is 3.62. The Labute approximate surface area is 96.2 Å². The van der Waals surface area contributed by atoms with Crippen molar-refractivity contribution in [1.82, 2.24) is 4.90 Å². The number of benzene rings is 1. The number of hydrogen-bond acceptors (Lipinski definition) is 3. The van der Waals surface area contributed by atoms with Gasteiger partial charge in [-0.25, -0.2) is 0 Å². The van der Waals surface area contributed by atoms with Crippen LogP contribution >= 0.6 is 0 Å². The Balaban J connectivity index is 1.72. The van der Waals surface area contributed by atoms with Gasteiger partial charge in [0.1, 0.15) is 0 Å².